The third-order valence-electron chi connectivity index (χ3n) is 5.48. The van der Waals surface area contributed by atoms with Crippen LogP contribution in [0.3, 0.4) is 0 Å². The van der Waals surface area contributed by atoms with Crippen LogP contribution in [0.15, 0.2) is 0 Å². The lowest BCUT2D eigenvalue weighted by Gasteiger charge is -2.09. The van der Waals surface area contributed by atoms with Gasteiger partial charge in [0.15, 0.2) is 0 Å². The highest BCUT2D eigenvalue weighted by molar-refractivity contribution is 5.69. The number of nitrogens with two attached hydrogens (primary N) is 1. The summed E-state index contributed by atoms with van der Waals surface area (Å²) in [7, 11) is 0. The molecule has 0 aromatic rings. The summed E-state index contributed by atoms with van der Waals surface area (Å²) in [4.78, 5) is 11.1. The minimum Gasteiger partial charge on any atom is -0.466 e. The van der Waals surface area contributed by atoms with E-state index in [0.717, 1.165) is 0 Å². The van der Waals surface area contributed by atoms with Crippen LogP contribution in [0.1, 0.15) is 13.3 Å². The van der Waals surface area contributed by atoms with Crippen molar-refractivity contribution in [2.45, 2.75) is 13.3 Å². The van der Waals surface area contributed by atoms with Gasteiger partial charge in [0.25, 0.3) is 0 Å². The van der Waals surface area contributed by atoms with Crippen LogP contribution >= 0.6 is 0 Å². The normalized spacial score (nSPS) is 11.4. The first kappa shape index (κ1) is 45.9. The maximum absolute atomic E-state index is 11.1. The average molecular weight is 690 g/mol. The lowest BCUT2D eigenvalue weighted by atomic mass is 10.5. The lowest BCUT2D eigenvalue weighted by Crippen LogP contribution is -2.16. The second-order valence-electron chi connectivity index (χ2n) is 9.30. The van der Waals surface area contributed by atoms with E-state index in [1.54, 1.807) is 6.92 Å². The number of carbonyl (C=O) groups excluding carboxylic acids is 1. The van der Waals surface area contributed by atoms with E-state index in [9.17, 15) is 4.79 Å². The van der Waals surface area contributed by atoms with Crippen LogP contribution in [0, 0.1) is 0 Å². The molecule has 0 aliphatic carbocycles. The van der Waals surface area contributed by atoms with Crippen molar-refractivity contribution in [3.05, 3.63) is 0 Å². The van der Waals surface area contributed by atoms with Crippen molar-refractivity contribution in [2.24, 2.45) is 5.73 Å². The van der Waals surface area contributed by atoms with Gasteiger partial charge in [-0.05, 0) is 6.92 Å². The first-order chi connectivity index (χ1) is 23.3. The molecule has 0 saturated heterocycles. The molecular weight excluding hydrogens is 626 g/mol. The van der Waals surface area contributed by atoms with Crippen LogP contribution in [-0.2, 0) is 71.1 Å². The van der Waals surface area contributed by atoms with Crippen molar-refractivity contribution < 1.29 is 71.1 Å². The van der Waals surface area contributed by atoms with Gasteiger partial charge in [0, 0.05) is 6.54 Å². The fourth-order valence-electron chi connectivity index (χ4n) is 3.21. The van der Waals surface area contributed by atoms with E-state index in [1.807, 2.05) is 0 Å². The van der Waals surface area contributed by atoms with Gasteiger partial charge in [-0.3, -0.25) is 4.79 Å². The Hall–Kier alpha value is -1.09. The zero-order valence-electron chi connectivity index (χ0n) is 28.7. The molecular formula is C31H63NO15. The van der Waals surface area contributed by atoms with E-state index in [4.69, 9.17) is 72.0 Å². The first-order valence-corrected chi connectivity index (χ1v) is 16.7. The number of hydrogen-bond acceptors (Lipinski definition) is 16. The Morgan fingerprint density at radius 3 is 0.723 bits per heavy atom. The smallest absolute Gasteiger partial charge is 0.308 e. The number of rotatable bonds is 42. The Balaban J connectivity index is 3.05. The average Bonchev–Trinajstić information content (AvgIpc) is 3.07. The predicted octanol–water partition coefficient (Wildman–Crippen LogP) is 0.114. The molecule has 16 heteroatoms. The summed E-state index contributed by atoms with van der Waals surface area (Å²) < 4.78 is 75.2. The molecule has 0 atom stereocenters. The molecule has 0 rings (SSSR count). The molecule has 0 heterocycles. The van der Waals surface area contributed by atoms with Crippen molar-refractivity contribution in [3.63, 3.8) is 0 Å². The summed E-state index contributed by atoms with van der Waals surface area (Å²) in [6, 6.07) is 0. The van der Waals surface area contributed by atoms with E-state index in [-0.39, 0.29) is 12.4 Å². The first-order valence-electron chi connectivity index (χ1n) is 16.7. The quantitative estimate of drug-likeness (QED) is 0.0676. The minimum absolute atomic E-state index is 0.252. The van der Waals surface area contributed by atoms with Crippen LogP contribution in [0.2, 0.25) is 0 Å². The standard InChI is InChI=1S/C31H63NO15/c1-2-47-31(33)3-5-34-7-9-36-11-13-38-15-17-40-19-21-42-23-25-44-27-29-46-30-28-45-26-24-43-22-20-41-18-16-39-14-12-37-10-8-35-6-4-32/h2-30,32H2,1H3. The Kier molecular flexibility index (Phi) is 41.9. The molecule has 0 aliphatic heterocycles. The summed E-state index contributed by atoms with van der Waals surface area (Å²) in [5.74, 6) is -0.252. The molecule has 16 nitrogen and oxygen atoms in total. The van der Waals surface area contributed by atoms with Crippen LogP contribution < -0.4 is 5.73 Å². The summed E-state index contributed by atoms with van der Waals surface area (Å²) >= 11 is 0. The maximum atomic E-state index is 11.1. The summed E-state index contributed by atoms with van der Waals surface area (Å²) in [5.41, 5.74) is 5.33. The van der Waals surface area contributed by atoms with Gasteiger partial charge in [-0.2, -0.15) is 0 Å². The number of ether oxygens (including phenoxy) is 14. The number of hydrogen-bond donors (Lipinski definition) is 1. The Morgan fingerprint density at radius 2 is 0.532 bits per heavy atom. The third kappa shape index (κ3) is 42.9. The Morgan fingerprint density at radius 1 is 0.340 bits per heavy atom. The van der Waals surface area contributed by atoms with Gasteiger partial charge >= 0.3 is 5.97 Å². The van der Waals surface area contributed by atoms with Gasteiger partial charge in [-0.25, -0.2) is 0 Å². The molecule has 47 heavy (non-hydrogen) atoms. The SMILES string of the molecule is CCOC(=O)CCOCCOCCOCCOCCOCCOCCOCCOCCOCCOCCOCCOCCOCCN. The molecule has 0 aromatic carbocycles. The predicted molar refractivity (Wildman–Crippen MR) is 171 cm³/mol. The maximum Gasteiger partial charge on any atom is 0.308 e. The molecule has 0 unspecified atom stereocenters. The topological polar surface area (TPSA) is 172 Å². The van der Waals surface area contributed by atoms with Gasteiger partial charge in [0.1, 0.15) is 0 Å². The van der Waals surface area contributed by atoms with Gasteiger partial charge in [-0.15, -0.1) is 0 Å². The molecule has 0 aromatic heterocycles. The second kappa shape index (κ2) is 42.9. The zero-order valence-corrected chi connectivity index (χ0v) is 28.7. The fraction of sp³-hybridized carbons (Fsp3) is 0.968. The van der Waals surface area contributed by atoms with Gasteiger partial charge in [0.05, 0.1) is 185 Å². The van der Waals surface area contributed by atoms with Crippen molar-refractivity contribution in [1.29, 1.82) is 0 Å². The van der Waals surface area contributed by atoms with Crippen molar-refractivity contribution in [1.82, 2.24) is 0 Å². The van der Waals surface area contributed by atoms with E-state index >= 15 is 0 Å². The van der Waals surface area contributed by atoms with Crippen molar-refractivity contribution >= 4 is 5.97 Å². The number of esters is 1. The molecule has 0 amide bonds. The Bertz CT molecular complexity index is 595. The van der Waals surface area contributed by atoms with Crippen LogP contribution in [0.5, 0.6) is 0 Å². The van der Waals surface area contributed by atoms with Gasteiger partial charge in [0.2, 0.25) is 0 Å². The van der Waals surface area contributed by atoms with Crippen molar-refractivity contribution in [2.75, 3.05) is 185 Å². The third-order valence-corrected chi connectivity index (χ3v) is 5.48. The highest BCUT2D eigenvalue weighted by Crippen LogP contribution is 1.90. The van der Waals surface area contributed by atoms with Crippen molar-refractivity contribution in [3.8, 4) is 0 Å². The molecule has 0 saturated carbocycles. The lowest BCUT2D eigenvalue weighted by molar-refractivity contribution is -0.144. The van der Waals surface area contributed by atoms with E-state index in [2.05, 4.69) is 0 Å². The van der Waals surface area contributed by atoms with E-state index < -0.39 is 0 Å². The molecule has 0 bridgehead atoms. The molecule has 282 valence electrons. The summed E-state index contributed by atoms with van der Waals surface area (Å²) in [6.45, 7) is 15.5. The molecule has 0 fully saturated rings. The van der Waals surface area contributed by atoms with E-state index in [1.165, 1.54) is 0 Å². The summed E-state index contributed by atoms with van der Waals surface area (Å²) in [6.07, 6.45) is 0.254. The monoisotopic (exact) mass is 689 g/mol. The van der Waals surface area contributed by atoms with Crippen LogP contribution in [0.25, 0.3) is 0 Å². The zero-order chi connectivity index (χ0) is 34.0. The molecule has 0 aliphatic rings. The minimum atomic E-state index is -0.252. The van der Waals surface area contributed by atoms with Gasteiger partial charge in [-0.1, -0.05) is 0 Å². The van der Waals surface area contributed by atoms with Crippen LogP contribution in [-0.4, -0.2) is 191 Å². The molecule has 0 radical (unpaired) electrons. The number of carbonyl (C=O) groups is 1. The van der Waals surface area contributed by atoms with E-state index in [0.29, 0.717) is 185 Å². The second-order valence-corrected chi connectivity index (χ2v) is 9.30. The highest BCUT2D eigenvalue weighted by Gasteiger charge is 2.01. The molecule has 0 spiro atoms. The Labute approximate surface area is 281 Å². The largest absolute Gasteiger partial charge is 0.466 e. The van der Waals surface area contributed by atoms with Gasteiger partial charge < -0.3 is 72.0 Å². The van der Waals surface area contributed by atoms with Crippen LogP contribution in [0.4, 0.5) is 0 Å². The highest BCUT2D eigenvalue weighted by atomic mass is 16.6. The fourth-order valence-corrected chi connectivity index (χ4v) is 3.21. The summed E-state index contributed by atoms with van der Waals surface area (Å²) in [5, 5.41) is 0. The molecule has 2 N–H and O–H groups in total.